The van der Waals surface area contributed by atoms with Crippen LogP contribution in [0, 0.1) is 17.2 Å². The van der Waals surface area contributed by atoms with Crippen molar-refractivity contribution in [1.29, 1.82) is 5.26 Å². The van der Waals surface area contributed by atoms with Crippen LogP contribution in [0.15, 0.2) is 59.5 Å². The fourth-order valence-electron chi connectivity index (χ4n) is 1.91. The highest BCUT2D eigenvalue weighted by Gasteiger charge is 2.23. The molecule has 0 aliphatic rings. The van der Waals surface area contributed by atoms with Crippen LogP contribution in [0.2, 0.25) is 0 Å². The fraction of sp³-hybridized carbons (Fsp3) is 0.0625. The minimum Gasteiger partial charge on any atom is -0.348 e. The number of anilines is 2. The van der Waals surface area contributed by atoms with Crippen LogP contribution in [0.25, 0.3) is 0 Å². The number of para-hydroxylation sites is 1. The summed E-state index contributed by atoms with van der Waals surface area (Å²) in [6.07, 6.45) is 0. The lowest BCUT2D eigenvalue weighted by atomic mass is 10.1. The smallest absolute Gasteiger partial charge is 0.248 e. The molecule has 0 spiro atoms. The van der Waals surface area contributed by atoms with Crippen molar-refractivity contribution < 1.29 is 13.2 Å². The summed E-state index contributed by atoms with van der Waals surface area (Å²) in [5, 5.41) is 19.6. The van der Waals surface area contributed by atoms with Crippen LogP contribution in [-0.4, -0.2) is 19.3 Å². The van der Waals surface area contributed by atoms with E-state index in [1.807, 2.05) is 12.1 Å². The SMILES string of the molecule is N#CC(C(=O)Nc1ccc(S(N)(=O)=O)cc1)C(=S)Nc1ccccc1. The first-order valence-corrected chi connectivity index (χ1v) is 8.96. The monoisotopic (exact) mass is 374 g/mol. The Labute approximate surface area is 150 Å². The number of amides is 1. The van der Waals surface area contributed by atoms with Gasteiger partial charge in [0, 0.05) is 11.4 Å². The summed E-state index contributed by atoms with van der Waals surface area (Å²) in [7, 11) is -3.81. The van der Waals surface area contributed by atoms with Crippen molar-refractivity contribution >= 4 is 44.5 Å². The summed E-state index contributed by atoms with van der Waals surface area (Å²) in [6, 6.07) is 16.0. The van der Waals surface area contributed by atoms with Crippen LogP contribution in [0.3, 0.4) is 0 Å². The lowest BCUT2D eigenvalue weighted by Gasteiger charge is -2.13. The number of nitrogens with two attached hydrogens (primary N) is 1. The van der Waals surface area contributed by atoms with E-state index in [9.17, 15) is 18.5 Å². The van der Waals surface area contributed by atoms with Crippen LogP contribution in [0.1, 0.15) is 0 Å². The minimum atomic E-state index is -3.81. The Morgan fingerprint density at radius 3 is 2.12 bits per heavy atom. The van der Waals surface area contributed by atoms with E-state index in [1.165, 1.54) is 24.3 Å². The van der Waals surface area contributed by atoms with E-state index in [4.69, 9.17) is 17.4 Å². The standard InChI is InChI=1S/C16H14N4O3S2/c17-10-14(16(24)20-11-4-2-1-3-5-11)15(21)19-12-6-8-13(9-7-12)25(18,22)23/h1-9,14H,(H,19,21)(H,20,24)(H2,18,22,23). The Morgan fingerprint density at radius 1 is 1.04 bits per heavy atom. The van der Waals surface area contributed by atoms with Gasteiger partial charge in [-0.15, -0.1) is 0 Å². The van der Waals surface area contributed by atoms with Gasteiger partial charge in [0.15, 0.2) is 5.92 Å². The molecule has 0 saturated heterocycles. The number of carbonyl (C=O) groups excluding carboxylic acids is 1. The lowest BCUT2D eigenvalue weighted by Crippen LogP contribution is -2.31. The normalized spacial score (nSPS) is 11.8. The topological polar surface area (TPSA) is 125 Å². The van der Waals surface area contributed by atoms with Crippen LogP contribution in [0.4, 0.5) is 11.4 Å². The molecule has 0 aliphatic carbocycles. The summed E-state index contributed by atoms with van der Waals surface area (Å²) >= 11 is 5.13. The molecular formula is C16H14N4O3S2. The maximum absolute atomic E-state index is 12.3. The molecule has 128 valence electrons. The molecule has 4 N–H and O–H groups in total. The molecule has 2 rings (SSSR count). The van der Waals surface area contributed by atoms with Gasteiger partial charge in [0.25, 0.3) is 0 Å². The Kier molecular flexibility index (Phi) is 5.82. The third-order valence-corrected chi connectivity index (χ3v) is 4.41. The highest BCUT2D eigenvalue weighted by atomic mass is 32.2. The van der Waals surface area contributed by atoms with E-state index >= 15 is 0 Å². The zero-order chi connectivity index (χ0) is 18.4. The van der Waals surface area contributed by atoms with Crippen molar-refractivity contribution in [1.82, 2.24) is 0 Å². The van der Waals surface area contributed by atoms with E-state index in [0.29, 0.717) is 11.4 Å². The van der Waals surface area contributed by atoms with Crippen LogP contribution >= 0.6 is 12.2 Å². The second-order valence-electron chi connectivity index (χ2n) is 4.98. The molecule has 0 fully saturated rings. The lowest BCUT2D eigenvalue weighted by molar-refractivity contribution is -0.116. The van der Waals surface area contributed by atoms with Crippen molar-refractivity contribution in [2.24, 2.45) is 11.1 Å². The molecule has 0 aromatic heterocycles. The maximum Gasteiger partial charge on any atom is 0.248 e. The van der Waals surface area contributed by atoms with Crippen LogP contribution < -0.4 is 15.8 Å². The van der Waals surface area contributed by atoms with Crippen molar-refractivity contribution in [2.45, 2.75) is 4.90 Å². The van der Waals surface area contributed by atoms with E-state index in [0.717, 1.165) is 0 Å². The molecule has 1 atom stereocenters. The number of rotatable bonds is 5. The van der Waals surface area contributed by atoms with Gasteiger partial charge in [-0.3, -0.25) is 4.79 Å². The van der Waals surface area contributed by atoms with E-state index in [2.05, 4.69) is 10.6 Å². The number of thiocarbonyl (C=S) groups is 1. The molecule has 1 amide bonds. The number of hydrogen-bond donors (Lipinski definition) is 3. The summed E-state index contributed by atoms with van der Waals surface area (Å²) in [6.45, 7) is 0. The van der Waals surface area contributed by atoms with Crippen molar-refractivity contribution in [2.75, 3.05) is 10.6 Å². The summed E-state index contributed by atoms with van der Waals surface area (Å²) < 4.78 is 22.4. The van der Waals surface area contributed by atoms with E-state index < -0.39 is 21.8 Å². The number of carbonyl (C=O) groups is 1. The van der Waals surface area contributed by atoms with Crippen molar-refractivity contribution in [3.63, 3.8) is 0 Å². The zero-order valence-corrected chi connectivity index (χ0v) is 14.5. The molecule has 0 bridgehead atoms. The van der Waals surface area contributed by atoms with E-state index in [1.54, 1.807) is 24.3 Å². The van der Waals surface area contributed by atoms with Gasteiger partial charge in [-0.05, 0) is 36.4 Å². The van der Waals surface area contributed by atoms with Gasteiger partial charge in [-0.25, -0.2) is 13.6 Å². The number of nitriles is 1. The zero-order valence-electron chi connectivity index (χ0n) is 12.8. The Hall–Kier alpha value is -2.80. The van der Waals surface area contributed by atoms with Gasteiger partial charge >= 0.3 is 0 Å². The molecule has 9 heteroatoms. The van der Waals surface area contributed by atoms with Crippen LogP contribution in [-0.2, 0) is 14.8 Å². The molecule has 2 aromatic carbocycles. The average molecular weight is 374 g/mol. The predicted molar refractivity (Wildman–Crippen MR) is 98.2 cm³/mol. The van der Waals surface area contributed by atoms with E-state index in [-0.39, 0.29) is 9.88 Å². The largest absolute Gasteiger partial charge is 0.348 e. The Balaban J connectivity index is 2.07. The number of hydrogen-bond acceptors (Lipinski definition) is 5. The first-order chi connectivity index (χ1) is 11.8. The second kappa shape index (κ2) is 7.85. The number of primary sulfonamides is 1. The highest BCUT2D eigenvalue weighted by Crippen LogP contribution is 2.15. The summed E-state index contributed by atoms with van der Waals surface area (Å²) in [5.74, 6) is -1.83. The number of sulfonamides is 1. The molecular weight excluding hydrogens is 360 g/mol. The Morgan fingerprint density at radius 2 is 1.60 bits per heavy atom. The first kappa shape index (κ1) is 18.5. The Bertz CT molecular complexity index is 920. The predicted octanol–water partition coefficient (Wildman–Crippen LogP) is 1.85. The molecule has 1 unspecified atom stereocenters. The molecule has 25 heavy (non-hydrogen) atoms. The quantitative estimate of drug-likeness (QED) is 0.686. The van der Waals surface area contributed by atoms with Gasteiger partial charge in [0.05, 0.1) is 11.0 Å². The molecule has 0 aliphatic heterocycles. The molecule has 2 aromatic rings. The maximum atomic E-state index is 12.3. The van der Waals surface area contributed by atoms with Gasteiger partial charge in [-0.1, -0.05) is 30.4 Å². The highest BCUT2D eigenvalue weighted by molar-refractivity contribution is 7.89. The summed E-state index contributed by atoms with van der Waals surface area (Å²) in [5.41, 5.74) is 0.984. The van der Waals surface area contributed by atoms with Gasteiger partial charge in [-0.2, -0.15) is 5.26 Å². The number of nitrogens with zero attached hydrogens (tertiary/aromatic N) is 1. The van der Waals surface area contributed by atoms with Crippen molar-refractivity contribution in [3.05, 3.63) is 54.6 Å². The summed E-state index contributed by atoms with van der Waals surface area (Å²) in [4.78, 5) is 12.2. The third kappa shape index (κ3) is 5.09. The average Bonchev–Trinajstić information content (AvgIpc) is 2.56. The second-order valence-corrected chi connectivity index (χ2v) is 6.98. The van der Waals surface area contributed by atoms with Crippen LogP contribution in [0.5, 0.6) is 0 Å². The first-order valence-electron chi connectivity index (χ1n) is 7.00. The van der Waals surface area contributed by atoms with Gasteiger partial charge < -0.3 is 10.6 Å². The van der Waals surface area contributed by atoms with Crippen molar-refractivity contribution in [3.8, 4) is 6.07 Å². The fourth-order valence-corrected chi connectivity index (χ4v) is 2.71. The minimum absolute atomic E-state index is 0.0624. The molecule has 7 nitrogen and oxygen atoms in total. The number of nitrogens with one attached hydrogen (secondary N) is 2. The molecule has 0 heterocycles. The molecule has 0 saturated carbocycles. The number of benzene rings is 2. The third-order valence-electron chi connectivity index (χ3n) is 3.15. The molecule has 0 radical (unpaired) electrons. The van der Waals surface area contributed by atoms with Gasteiger partial charge in [0.1, 0.15) is 4.99 Å². The van der Waals surface area contributed by atoms with Gasteiger partial charge in [0.2, 0.25) is 15.9 Å².